The number of amides is 1. The van der Waals surface area contributed by atoms with Gasteiger partial charge in [0.05, 0.1) is 28.2 Å². The zero-order valence-electron chi connectivity index (χ0n) is 14.2. The van der Waals surface area contributed by atoms with E-state index in [2.05, 4.69) is 9.55 Å². The Morgan fingerprint density at radius 3 is 2.54 bits per heavy atom. The predicted octanol–water partition coefficient (Wildman–Crippen LogP) is 2.24. The highest BCUT2D eigenvalue weighted by Gasteiger charge is 2.25. The summed E-state index contributed by atoms with van der Waals surface area (Å²) in [5.41, 5.74) is 1.99. The molecule has 0 N–H and O–H groups in total. The molecule has 1 aliphatic rings. The lowest BCUT2D eigenvalue weighted by Crippen LogP contribution is -2.39. The van der Waals surface area contributed by atoms with Gasteiger partial charge in [-0.2, -0.15) is 0 Å². The molecule has 0 saturated carbocycles. The van der Waals surface area contributed by atoms with Crippen molar-refractivity contribution in [2.75, 3.05) is 12.3 Å². The van der Waals surface area contributed by atoms with Gasteiger partial charge in [0.1, 0.15) is 5.82 Å². The van der Waals surface area contributed by atoms with Crippen molar-refractivity contribution in [2.24, 2.45) is 0 Å². The smallest absolute Gasteiger partial charge is 0.224 e. The summed E-state index contributed by atoms with van der Waals surface area (Å²) in [6, 6.07) is 16.2. The van der Waals surface area contributed by atoms with Crippen LogP contribution in [0, 0.1) is 0 Å². The van der Waals surface area contributed by atoms with E-state index in [-0.39, 0.29) is 23.0 Å². The largest absolute Gasteiger partial charge is 0.333 e. The van der Waals surface area contributed by atoms with Crippen LogP contribution in [-0.2, 0) is 27.7 Å². The first kappa shape index (κ1) is 16.8. The number of nitrogens with zero attached hydrogens (tertiary/aromatic N) is 3. The van der Waals surface area contributed by atoms with Crippen molar-refractivity contribution in [3.05, 3.63) is 60.4 Å². The average molecular weight is 369 g/mol. The van der Waals surface area contributed by atoms with Crippen LogP contribution in [0.3, 0.4) is 0 Å². The van der Waals surface area contributed by atoms with Crippen molar-refractivity contribution in [1.82, 2.24) is 14.5 Å². The molecule has 4 rings (SSSR count). The van der Waals surface area contributed by atoms with Crippen LogP contribution in [0.15, 0.2) is 59.5 Å². The zero-order valence-corrected chi connectivity index (χ0v) is 15.0. The van der Waals surface area contributed by atoms with Crippen molar-refractivity contribution in [3.8, 4) is 0 Å². The molecule has 0 atom stereocenters. The molecule has 1 aromatic heterocycles. The Morgan fingerprint density at radius 2 is 1.73 bits per heavy atom. The topological polar surface area (TPSA) is 72.3 Å². The average Bonchev–Trinajstić information content (AvgIpc) is 3.04. The number of imidazole rings is 1. The lowest BCUT2D eigenvalue weighted by molar-refractivity contribution is -0.132. The van der Waals surface area contributed by atoms with Crippen molar-refractivity contribution < 1.29 is 13.2 Å². The van der Waals surface area contributed by atoms with Crippen molar-refractivity contribution in [3.63, 3.8) is 0 Å². The number of carbonyl (C=O) groups is 1. The maximum atomic E-state index is 12.5. The molecule has 1 aliphatic heterocycles. The van der Waals surface area contributed by atoms with Gasteiger partial charge in [0.25, 0.3) is 0 Å². The van der Waals surface area contributed by atoms with E-state index in [1.165, 1.54) is 0 Å². The molecule has 0 spiro atoms. The Bertz CT molecular complexity index is 1060. The van der Waals surface area contributed by atoms with Gasteiger partial charge in [0, 0.05) is 19.5 Å². The maximum Gasteiger partial charge on any atom is 0.224 e. The minimum absolute atomic E-state index is 0.0164. The number of sulfone groups is 1. The summed E-state index contributed by atoms with van der Waals surface area (Å²) in [7, 11) is -3.44. The van der Waals surface area contributed by atoms with Gasteiger partial charge < -0.3 is 9.47 Å². The molecule has 0 unspecified atom stereocenters. The number of fused-ring (bicyclic) bond motifs is 3. The van der Waals surface area contributed by atoms with Crippen LogP contribution in [0.2, 0.25) is 0 Å². The first-order valence-electron chi connectivity index (χ1n) is 8.54. The van der Waals surface area contributed by atoms with Gasteiger partial charge in [0.15, 0.2) is 9.84 Å². The molecular weight excluding hydrogens is 350 g/mol. The minimum Gasteiger partial charge on any atom is -0.333 e. The fourth-order valence-electron chi connectivity index (χ4n) is 3.30. The summed E-state index contributed by atoms with van der Waals surface area (Å²) in [6.45, 7) is 1.66. The molecule has 0 fully saturated rings. The van der Waals surface area contributed by atoms with Gasteiger partial charge in [-0.05, 0) is 24.3 Å². The summed E-state index contributed by atoms with van der Waals surface area (Å²) in [5, 5.41) is 0. The van der Waals surface area contributed by atoms with Crippen LogP contribution in [0.25, 0.3) is 11.0 Å². The van der Waals surface area contributed by atoms with E-state index < -0.39 is 9.84 Å². The molecule has 134 valence electrons. The molecule has 2 heterocycles. The van der Waals surface area contributed by atoms with Crippen LogP contribution < -0.4 is 0 Å². The summed E-state index contributed by atoms with van der Waals surface area (Å²) in [6.07, 6.45) is -0.0164. The third-order valence-corrected chi connectivity index (χ3v) is 6.43. The fraction of sp³-hybridized carbons (Fsp3) is 0.263. The number of carbonyl (C=O) groups excluding carboxylic acids is 1. The quantitative estimate of drug-likeness (QED) is 0.707. The number of para-hydroxylation sites is 2. The lowest BCUT2D eigenvalue weighted by Gasteiger charge is -2.28. The monoisotopic (exact) mass is 369 g/mol. The van der Waals surface area contributed by atoms with Gasteiger partial charge in [0.2, 0.25) is 5.91 Å². The number of hydrogen-bond donors (Lipinski definition) is 0. The van der Waals surface area contributed by atoms with Crippen LogP contribution >= 0.6 is 0 Å². The van der Waals surface area contributed by atoms with Gasteiger partial charge >= 0.3 is 0 Å². The van der Waals surface area contributed by atoms with Crippen LogP contribution in [0.4, 0.5) is 0 Å². The number of hydrogen-bond acceptors (Lipinski definition) is 4. The Labute approximate surface area is 152 Å². The predicted molar refractivity (Wildman–Crippen MR) is 98.3 cm³/mol. The third kappa shape index (κ3) is 3.10. The van der Waals surface area contributed by atoms with Crippen LogP contribution in [0.5, 0.6) is 0 Å². The molecule has 6 nitrogen and oxygen atoms in total. The molecule has 0 aliphatic carbocycles. The summed E-state index contributed by atoms with van der Waals surface area (Å²) >= 11 is 0. The summed E-state index contributed by atoms with van der Waals surface area (Å²) in [5.74, 6) is 0.516. The van der Waals surface area contributed by atoms with Gasteiger partial charge in [-0.25, -0.2) is 13.4 Å². The third-order valence-electron chi connectivity index (χ3n) is 4.70. The van der Waals surface area contributed by atoms with Gasteiger partial charge in [-0.15, -0.1) is 0 Å². The molecule has 0 radical (unpaired) electrons. The Morgan fingerprint density at radius 1 is 1.00 bits per heavy atom. The molecule has 7 heteroatoms. The van der Waals surface area contributed by atoms with E-state index in [0.717, 1.165) is 16.9 Å². The van der Waals surface area contributed by atoms with Gasteiger partial charge in [-0.1, -0.05) is 30.3 Å². The Kier molecular flexibility index (Phi) is 4.24. The Hall–Kier alpha value is -2.67. The molecular formula is C19H19N3O3S. The van der Waals surface area contributed by atoms with E-state index in [1.807, 2.05) is 24.3 Å². The highest BCUT2D eigenvalue weighted by atomic mass is 32.2. The van der Waals surface area contributed by atoms with E-state index in [4.69, 9.17) is 0 Å². The second-order valence-corrected chi connectivity index (χ2v) is 8.47. The fourth-order valence-corrected chi connectivity index (χ4v) is 4.56. The van der Waals surface area contributed by atoms with E-state index in [0.29, 0.717) is 19.6 Å². The lowest BCUT2D eigenvalue weighted by atomic mass is 10.3. The number of aromatic nitrogens is 2. The molecule has 1 amide bonds. The van der Waals surface area contributed by atoms with E-state index in [9.17, 15) is 13.2 Å². The minimum atomic E-state index is -3.44. The zero-order chi connectivity index (χ0) is 18.1. The van der Waals surface area contributed by atoms with E-state index >= 15 is 0 Å². The normalized spacial score (nSPS) is 14.4. The number of rotatable bonds is 4. The summed E-state index contributed by atoms with van der Waals surface area (Å²) < 4.78 is 26.8. The van der Waals surface area contributed by atoms with E-state index in [1.54, 1.807) is 35.2 Å². The second kappa shape index (κ2) is 6.57. The highest BCUT2D eigenvalue weighted by molar-refractivity contribution is 7.91. The summed E-state index contributed by atoms with van der Waals surface area (Å²) in [4.78, 5) is 19.1. The first-order valence-corrected chi connectivity index (χ1v) is 10.2. The highest BCUT2D eigenvalue weighted by Crippen LogP contribution is 2.21. The molecule has 26 heavy (non-hydrogen) atoms. The molecule has 0 saturated heterocycles. The van der Waals surface area contributed by atoms with Crippen molar-refractivity contribution in [2.45, 2.75) is 24.4 Å². The van der Waals surface area contributed by atoms with Crippen LogP contribution in [-0.4, -0.2) is 41.1 Å². The molecule has 0 bridgehead atoms. The number of benzene rings is 2. The molecule has 2 aromatic carbocycles. The van der Waals surface area contributed by atoms with Crippen molar-refractivity contribution in [1.29, 1.82) is 0 Å². The maximum absolute atomic E-state index is 12.5. The van der Waals surface area contributed by atoms with Crippen molar-refractivity contribution >= 4 is 26.8 Å². The first-order chi connectivity index (χ1) is 12.5. The standard InChI is InChI=1S/C19H19N3O3S/c23-19(10-13-26(24,25)15-6-2-1-3-7-15)21-11-12-22-17-9-5-4-8-16(17)20-18(22)14-21/h1-9H,10-14H2. The second-order valence-electron chi connectivity index (χ2n) is 6.37. The molecule has 3 aromatic rings. The van der Waals surface area contributed by atoms with Crippen LogP contribution in [0.1, 0.15) is 12.2 Å². The van der Waals surface area contributed by atoms with Gasteiger partial charge in [-0.3, -0.25) is 4.79 Å². The SMILES string of the molecule is O=C(CCS(=O)(=O)c1ccccc1)N1CCn2c(nc3ccccc32)C1. The Balaban J connectivity index is 1.45.